The number of carbonyl (C=O) groups is 1. The Morgan fingerprint density at radius 3 is 2.89 bits per heavy atom. The monoisotopic (exact) mass is 264 g/mol. The smallest absolute Gasteiger partial charge is 0.223 e. The minimum Gasteiger partial charge on any atom is -0.367 e. The third-order valence-corrected chi connectivity index (χ3v) is 3.68. The van der Waals surface area contributed by atoms with Gasteiger partial charge in [-0.1, -0.05) is 0 Å². The summed E-state index contributed by atoms with van der Waals surface area (Å²) in [6, 6.07) is 2.05. The van der Waals surface area contributed by atoms with Crippen molar-refractivity contribution in [2.24, 2.45) is 0 Å². The van der Waals surface area contributed by atoms with Crippen LogP contribution in [0.3, 0.4) is 0 Å². The molecule has 1 fully saturated rings. The summed E-state index contributed by atoms with van der Waals surface area (Å²) in [6.45, 7) is 5.86. The third-order valence-electron chi connectivity index (χ3n) is 3.68. The minimum atomic E-state index is 0.245. The van der Waals surface area contributed by atoms with Crippen molar-refractivity contribution in [1.82, 2.24) is 20.1 Å². The van der Waals surface area contributed by atoms with Gasteiger partial charge >= 0.3 is 0 Å². The molecule has 1 aliphatic rings. The van der Waals surface area contributed by atoms with Crippen LogP contribution in [0.1, 0.15) is 12.0 Å². The largest absolute Gasteiger partial charge is 0.367 e. The lowest BCUT2D eigenvalue weighted by Crippen LogP contribution is -2.44. The van der Waals surface area contributed by atoms with Gasteiger partial charge in [0.05, 0.1) is 0 Å². The molecule has 0 aromatic carbocycles. The van der Waals surface area contributed by atoms with Crippen molar-refractivity contribution >= 4 is 5.91 Å². The Hall–Kier alpha value is -1.33. The zero-order chi connectivity index (χ0) is 13.5. The highest BCUT2D eigenvalue weighted by Gasteiger charge is 2.13. The highest BCUT2D eigenvalue weighted by molar-refractivity contribution is 5.76. The summed E-state index contributed by atoms with van der Waals surface area (Å²) in [5, 5.41) is 3.32. The van der Waals surface area contributed by atoms with Gasteiger partial charge in [0.25, 0.3) is 0 Å². The molecule has 0 aliphatic carbocycles. The average Bonchev–Trinajstić information content (AvgIpc) is 2.96. The lowest BCUT2D eigenvalue weighted by Gasteiger charge is -2.27. The Labute approximate surface area is 115 Å². The van der Waals surface area contributed by atoms with Crippen molar-refractivity contribution in [2.45, 2.75) is 12.8 Å². The zero-order valence-corrected chi connectivity index (χ0v) is 11.7. The second kappa shape index (κ2) is 7.31. The van der Waals surface area contributed by atoms with Crippen LogP contribution in [0.25, 0.3) is 0 Å². The lowest BCUT2D eigenvalue weighted by atomic mass is 10.2. The highest BCUT2D eigenvalue weighted by Crippen LogP contribution is 2.02. The fourth-order valence-corrected chi connectivity index (χ4v) is 2.31. The van der Waals surface area contributed by atoms with E-state index < -0.39 is 0 Å². The molecule has 0 spiro atoms. The molecule has 0 bridgehead atoms. The van der Waals surface area contributed by atoms with Crippen LogP contribution in [-0.4, -0.2) is 67.0 Å². The number of carbonyl (C=O) groups excluding carboxylic acids is 1. The number of H-pyrrole nitrogens is 1. The molecule has 19 heavy (non-hydrogen) atoms. The first-order chi connectivity index (χ1) is 9.25. The number of aromatic amines is 1. The Kier molecular flexibility index (Phi) is 5.42. The van der Waals surface area contributed by atoms with Gasteiger partial charge in [0.15, 0.2) is 0 Å². The average molecular weight is 264 g/mol. The van der Waals surface area contributed by atoms with Crippen LogP contribution >= 0.6 is 0 Å². The number of piperazine rings is 1. The molecule has 1 amide bonds. The molecule has 0 atom stereocenters. The lowest BCUT2D eigenvalue weighted by molar-refractivity contribution is -0.130. The SMILES string of the molecule is CN(CCc1cc[nH]c1)C(=O)CCN1CCNCC1. The summed E-state index contributed by atoms with van der Waals surface area (Å²) >= 11 is 0. The second-order valence-electron chi connectivity index (χ2n) is 5.13. The molecule has 2 rings (SSSR count). The summed E-state index contributed by atoms with van der Waals surface area (Å²) < 4.78 is 0. The number of aromatic nitrogens is 1. The quantitative estimate of drug-likeness (QED) is 0.777. The van der Waals surface area contributed by atoms with Crippen LogP contribution in [0.15, 0.2) is 18.5 Å². The van der Waals surface area contributed by atoms with Crippen LogP contribution in [0, 0.1) is 0 Å². The topological polar surface area (TPSA) is 51.4 Å². The van der Waals surface area contributed by atoms with E-state index >= 15 is 0 Å². The summed E-state index contributed by atoms with van der Waals surface area (Å²) in [4.78, 5) is 19.3. The van der Waals surface area contributed by atoms with Crippen LogP contribution in [0.5, 0.6) is 0 Å². The molecule has 0 unspecified atom stereocenters. The number of hydrogen-bond acceptors (Lipinski definition) is 3. The van der Waals surface area contributed by atoms with Gasteiger partial charge in [0, 0.05) is 65.1 Å². The van der Waals surface area contributed by atoms with Crippen molar-refractivity contribution in [3.8, 4) is 0 Å². The summed E-state index contributed by atoms with van der Waals surface area (Å²) in [5.74, 6) is 0.245. The molecule has 2 heterocycles. The van der Waals surface area contributed by atoms with E-state index in [-0.39, 0.29) is 5.91 Å². The maximum Gasteiger partial charge on any atom is 0.223 e. The van der Waals surface area contributed by atoms with E-state index in [2.05, 4.69) is 21.3 Å². The Morgan fingerprint density at radius 2 is 2.21 bits per heavy atom. The number of likely N-dealkylation sites (N-methyl/N-ethyl adjacent to an activating group) is 1. The second-order valence-corrected chi connectivity index (χ2v) is 5.13. The van der Waals surface area contributed by atoms with Gasteiger partial charge in [0.2, 0.25) is 5.91 Å². The number of rotatable bonds is 6. The van der Waals surface area contributed by atoms with E-state index in [9.17, 15) is 4.79 Å². The standard InChI is InChI=1S/C14H24N4O/c1-17(8-3-13-2-5-16-12-13)14(19)4-9-18-10-6-15-7-11-18/h2,5,12,15-16H,3-4,6-11H2,1H3. The van der Waals surface area contributed by atoms with Crippen LogP contribution in [0.4, 0.5) is 0 Å². The summed E-state index contributed by atoms with van der Waals surface area (Å²) in [5.41, 5.74) is 1.25. The first-order valence-electron chi connectivity index (χ1n) is 7.04. The predicted molar refractivity (Wildman–Crippen MR) is 76.1 cm³/mol. The van der Waals surface area contributed by atoms with Crippen molar-refractivity contribution in [3.05, 3.63) is 24.0 Å². The number of amides is 1. The van der Waals surface area contributed by atoms with Gasteiger partial charge in [-0.3, -0.25) is 4.79 Å². The first-order valence-corrected chi connectivity index (χ1v) is 7.04. The van der Waals surface area contributed by atoms with Crippen molar-refractivity contribution in [2.75, 3.05) is 46.3 Å². The summed E-state index contributed by atoms with van der Waals surface area (Å²) in [6.07, 6.45) is 5.45. The fraction of sp³-hybridized carbons (Fsp3) is 0.643. The van der Waals surface area contributed by atoms with Crippen molar-refractivity contribution in [1.29, 1.82) is 0 Å². The molecule has 1 aromatic rings. The Morgan fingerprint density at radius 1 is 1.42 bits per heavy atom. The molecule has 1 saturated heterocycles. The van der Waals surface area contributed by atoms with Crippen molar-refractivity contribution in [3.63, 3.8) is 0 Å². The minimum absolute atomic E-state index is 0.245. The van der Waals surface area contributed by atoms with E-state index in [1.807, 2.05) is 24.3 Å². The van der Waals surface area contributed by atoms with E-state index in [1.165, 1.54) is 5.56 Å². The van der Waals surface area contributed by atoms with Gasteiger partial charge in [-0.25, -0.2) is 0 Å². The van der Waals surface area contributed by atoms with Crippen LogP contribution in [0.2, 0.25) is 0 Å². The van der Waals surface area contributed by atoms with Crippen LogP contribution in [-0.2, 0) is 11.2 Å². The van der Waals surface area contributed by atoms with Gasteiger partial charge in [-0.15, -0.1) is 0 Å². The number of nitrogens with one attached hydrogen (secondary N) is 2. The summed E-state index contributed by atoms with van der Waals surface area (Å²) in [7, 11) is 1.90. The highest BCUT2D eigenvalue weighted by atomic mass is 16.2. The van der Waals surface area contributed by atoms with Crippen molar-refractivity contribution < 1.29 is 4.79 Å². The third kappa shape index (κ3) is 4.69. The number of nitrogens with zero attached hydrogens (tertiary/aromatic N) is 2. The normalized spacial score (nSPS) is 16.5. The van der Waals surface area contributed by atoms with Crippen LogP contribution < -0.4 is 5.32 Å². The van der Waals surface area contributed by atoms with E-state index in [0.29, 0.717) is 6.42 Å². The molecule has 0 radical (unpaired) electrons. The molecule has 5 nitrogen and oxygen atoms in total. The molecule has 2 N–H and O–H groups in total. The van der Waals surface area contributed by atoms with Gasteiger partial charge < -0.3 is 20.1 Å². The Bertz CT molecular complexity index is 371. The molecule has 5 heteroatoms. The molecule has 106 valence electrons. The predicted octanol–water partition coefficient (Wildman–Crippen LogP) is 0.311. The van der Waals surface area contributed by atoms with Gasteiger partial charge in [-0.2, -0.15) is 0 Å². The van der Waals surface area contributed by atoms with E-state index in [1.54, 1.807) is 0 Å². The molecule has 0 saturated carbocycles. The number of hydrogen-bond donors (Lipinski definition) is 2. The maximum absolute atomic E-state index is 12.0. The molecular formula is C14H24N4O. The maximum atomic E-state index is 12.0. The zero-order valence-electron chi connectivity index (χ0n) is 11.7. The van der Waals surface area contributed by atoms with Gasteiger partial charge in [-0.05, 0) is 18.1 Å². The Balaban J connectivity index is 1.64. The molecule has 1 aliphatic heterocycles. The van der Waals surface area contributed by atoms with E-state index in [0.717, 1.165) is 45.7 Å². The molecule has 1 aromatic heterocycles. The van der Waals surface area contributed by atoms with Gasteiger partial charge in [0.1, 0.15) is 0 Å². The van der Waals surface area contributed by atoms with E-state index in [4.69, 9.17) is 0 Å². The fourth-order valence-electron chi connectivity index (χ4n) is 2.31. The molecular weight excluding hydrogens is 240 g/mol. The first kappa shape index (κ1) is 14.1.